The van der Waals surface area contributed by atoms with E-state index in [-0.39, 0.29) is 5.92 Å². The molecule has 2 unspecified atom stereocenters. The zero-order valence-corrected chi connectivity index (χ0v) is 9.06. The Kier molecular flexibility index (Phi) is 3.67. The molecule has 2 nitrogen and oxygen atoms in total. The van der Waals surface area contributed by atoms with Crippen LogP contribution >= 0.6 is 0 Å². The van der Waals surface area contributed by atoms with Crippen molar-refractivity contribution in [3.8, 4) is 0 Å². The van der Waals surface area contributed by atoms with Crippen molar-refractivity contribution in [3.63, 3.8) is 0 Å². The van der Waals surface area contributed by atoms with E-state index in [4.69, 9.17) is 4.74 Å². The molecule has 0 radical (unpaired) electrons. The molecule has 0 aromatic heterocycles. The molecular formula is C13H15FO2. The number of hydrogen-bond acceptors (Lipinski definition) is 2. The van der Waals surface area contributed by atoms with Gasteiger partial charge in [0.25, 0.3) is 0 Å². The van der Waals surface area contributed by atoms with Crippen molar-refractivity contribution >= 4 is 6.29 Å². The second-order valence-electron chi connectivity index (χ2n) is 4.17. The molecule has 3 heteroatoms. The van der Waals surface area contributed by atoms with Gasteiger partial charge in [-0.1, -0.05) is 18.2 Å². The molecule has 1 aliphatic heterocycles. The third-order valence-electron chi connectivity index (χ3n) is 2.97. The molecule has 0 spiro atoms. The number of carbonyl (C=O) groups is 1. The van der Waals surface area contributed by atoms with Crippen LogP contribution in [0.5, 0.6) is 0 Å². The van der Waals surface area contributed by atoms with Crippen LogP contribution in [0, 0.1) is 5.92 Å². The molecule has 0 aliphatic carbocycles. The number of rotatable bonds is 3. The van der Waals surface area contributed by atoms with Crippen LogP contribution in [0.1, 0.15) is 34.9 Å². The van der Waals surface area contributed by atoms with Gasteiger partial charge in [-0.3, -0.25) is 4.79 Å². The molecule has 86 valence electrons. The van der Waals surface area contributed by atoms with Crippen LogP contribution in [0.25, 0.3) is 0 Å². The summed E-state index contributed by atoms with van der Waals surface area (Å²) in [6.45, 7) is 1.21. The van der Waals surface area contributed by atoms with Crippen molar-refractivity contribution in [1.29, 1.82) is 0 Å². The third-order valence-corrected chi connectivity index (χ3v) is 2.97. The number of alkyl halides is 1. The number of halogens is 1. The first-order valence-electron chi connectivity index (χ1n) is 5.58. The van der Waals surface area contributed by atoms with Crippen LogP contribution < -0.4 is 0 Å². The molecule has 1 aromatic rings. The lowest BCUT2D eigenvalue weighted by Crippen LogP contribution is -2.21. The SMILES string of the molecule is O=Cc1cccc(C(F)C2CCCOC2)c1. The van der Waals surface area contributed by atoms with E-state index in [0.717, 1.165) is 25.7 Å². The van der Waals surface area contributed by atoms with Gasteiger partial charge in [-0.05, 0) is 24.5 Å². The summed E-state index contributed by atoms with van der Waals surface area (Å²) in [7, 11) is 0. The van der Waals surface area contributed by atoms with Crippen LogP contribution in [-0.4, -0.2) is 19.5 Å². The first kappa shape index (κ1) is 11.3. The number of ether oxygens (including phenoxy) is 1. The number of aldehydes is 1. The van der Waals surface area contributed by atoms with E-state index in [9.17, 15) is 9.18 Å². The van der Waals surface area contributed by atoms with E-state index in [1.54, 1.807) is 24.3 Å². The lowest BCUT2D eigenvalue weighted by atomic mass is 9.91. The molecule has 2 atom stereocenters. The van der Waals surface area contributed by atoms with E-state index in [2.05, 4.69) is 0 Å². The highest BCUT2D eigenvalue weighted by Gasteiger charge is 2.25. The van der Waals surface area contributed by atoms with Crippen molar-refractivity contribution in [3.05, 3.63) is 35.4 Å². The predicted octanol–water partition coefficient (Wildman–Crippen LogP) is 2.94. The molecule has 1 aliphatic rings. The normalized spacial score (nSPS) is 22.7. The lowest BCUT2D eigenvalue weighted by Gasteiger charge is -2.25. The molecule has 1 aromatic carbocycles. The van der Waals surface area contributed by atoms with E-state index in [1.165, 1.54) is 0 Å². The van der Waals surface area contributed by atoms with Gasteiger partial charge in [0, 0.05) is 18.1 Å². The zero-order chi connectivity index (χ0) is 11.4. The van der Waals surface area contributed by atoms with Crippen LogP contribution in [0.4, 0.5) is 4.39 Å². The van der Waals surface area contributed by atoms with Crippen LogP contribution in [-0.2, 0) is 4.74 Å². The fraction of sp³-hybridized carbons (Fsp3) is 0.462. The van der Waals surface area contributed by atoms with E-state index in [1.807, 2.05) is 0 Å². The van der Waals surface area contributed by atoms with Gasteiger partial charge in [0.15, 0.2) is 0 Å². The second kappa shape index (κ2) is 5.21. The van der Waals surface area contributed by atoms with Gasteiger partial charge in [0.05, 0.1) is 6.61 Å². The largest absolute Gasteiger partial charge is 0.381 e. The molecule has 0 N–H and O–H groups in total. The molecule has 0 bridgehead atoms. The molecule has 16 heavy (non-hydrogen) atoms. The number of hydrogen-bond donors (Lipinski definition) is 0. The monoisotopic (exact) mass is 222 g/mol. The summed E-state index contributed by atoms with van der Waals surface area (Å²) in [5, 5.41) is 0. The second-order valence-corrected chi connectivity index (χ2v) is 4.17. The Morgan fingerprint density at radius 2 is 2.38 bits per heavy atom. The Labute approximate surface area is 94.4 Å². The fourth-order valence-corrected chi connectivity index (χ4v) is 2.07. The van der Waals surface area contributed by atoms with Gasteiger partial charge in [-0.25, -0.2) is 4.39 Å². The third kappa shape index (κ3) is 2.47. The predicted molar refractivity (Wildman–Crippen MR) is 59.2 cm³/mol. The minimum Gasteiger partial charge on any atom is -0.381 e. The molecule has 0 saturated carbocycles. The Morgan fingerprint density at radius 3 is 3.06 bits per heavy atom. The standard InChI is InChI=1S/C13H15FO2/c14-13(12-5-2-6-16-9-12)11-4-1-3-10(7-11)8-15/h1,3-4,7-8,12-13H,2,5-6,9H2. The summed E-state index contributed by atoms with van der Waals surface area (Å²) < 4.78 is 19.4. The lowest BCUT2D eigenvalue weighted by molar-refractivity contribution is 0.0197. The number of carbonyl (C=O) groups excluding carboxylic acids is 1. The maximum atomic E-state index is 14.1. The van der Waals surface area contributed by atoms with Crippen molar-refractivity contribution in [2.75, 3.05) is 13.2 Å². The highest BCUT2D eigenvalue weighted by molar-refractivity contribution is 5.74. The first-order valence-corrected chi connectivity index (χ1v) is 5.58. The van der Waals surface area contributed by atoms with Gasteiger partial charge in [0.1, 0.15) is 12.5 Å². The highest BCUT2D eigenvalue weighted by atomic mass is 19.1. The van der Waals surface area contributed by atoms with E-state index < -0.39 is 6.17 Å². The minimum absolute atomic E-state index is 0.0735. The van der Waals surface area contributed by atoms with Crippen molar-refractivity contribution in [2.45, 2.75) is 19.0 Å². The molecule has 2 rings (SSSR count). The Morgan fingerprint density at radius 1 is 1.50 bits per heavy atom. The van der Waals surface area contributed by atoms with Gasteiger partial charge in [0.2, 0.25) is 0 Å². The minimum atomic E-state index is -1.03. The quantitative estimate of drug-likeness (QED) is 0.735. The molecule has 1 heterocycles. The summed E-state index contributed by atoms with van der Waals surface area (Å²) in [6.07, 6.45) is 1.48. The number of benzene rings is 1. The summed E-state index contributed by atoms with van der Waals surface area (Å²) in [5.74, 6) is -0.0735. The van der Waals surface area contributed by atoms with Gasteiger partial charge < -0.3 is 4.74 Å². The Balaban J connectivity index is 2.12. The Bertz CT molecular complexity index is 359. The van der Waals surface area contributed by atoms with Crippen LogP contribution in [0.2, 0.25) is 0 Å². The van der Waals surface area contributed by atoms with E-state index >= 15 is 0 Å². The van der Waals surface area contributed by atoms with Gasteiger partial charge in [-0.2, -0.15) is 0 Å². The average Bonchev–Trinajstić information content (AvgIpc) is 2.39. The van der Waals surface area contributed by atoms with Gasteiger partial charge in [-0.15, -0.1) is 0 Å². The van der Waals surface area contributed by atoms with Crippen molar-refractivity contribution in [2.24, 2.45) is 5.92 Å². The van der Waals surface area contributed by atoms with Crippen molar-refractivity contribution in [1.82, 2.24) is 0 Å². The maximum Gasteiger partial charge on any atom is 0.150 e. The van der Waals surface area contributed by atoms with Gasteiger partial charge >= 0.3 is 0 Å². The molecule has 1 saturated heterocycles. The summed E-state index contributed by atoms with van der Waals surface area (Å²) >= 11 is 0. The topological polar surface area (TPSA) is 26.3 Å². The van der Waals surface area contributed by atoms with Crippen LogP contribution in [0.15, 0.2) is 24.3 Å². The van der Waals surface area contributed by atoms with Crippen LogP contribution in [0.3, 0.4) is 0 Å². The zero-order valence-electron chi connectivity index (χ0n) is 9.06. The highest BCUT2D eigenvalue weighted by Crippen LogP contribution is 2.32. The molecular weight excluding hydrogens is 207 g/mol. The average molecular weight is 222 g/mol. The molecule has 1 fully saturated rings. The summed E-state index contributed by atoms with van der Waals surface area (Å²) in [6, 6.07) is 6.74. The van der Waals surface area contributed by atoms with Crippen molar-refractivity contribution < 1.29 is 13.9 Å². The summed E-state index contributed by atoms with van der Waals surface area (Å²) in [4.78, 5) is 10.6. The smallest absolute Gasteiger partial charge is 0.150 e. The molecule has 0 amide bonds. The summed E-state index contributed by atoms with van der Waals surface area (Å²) in [5.41, 5.74) is 1.11. The fourth-order valence-electron chi connectivity index (χ4n) is 2.07. The van der Waals surface area contributed by atoms with E-state index in [0.29, 0.717) is 17.7 Å². The maximum absolute atomic E-state index is 14.1. The first-order chi connectivity index (χ1) is 7.81. The Hall–Kier alpha value is -1.22.